The van der Waals surface area contributed by atoms with Gasteiger partial charge in [0.1, 0.15) is 0 Å². The van der Waals surface area contributed by atoms with Crippen molar-refractivity contribution in [2.75, 3.05) is 0 Å². The van der Waals surface area contributed by atoms with Gasteiger partial charge >= 0.3 is 5.97 Å². The smallest absolute Gasteiger partial charge is 0.339 e. The first-order chi connectivity index (χ1) is 12.0. The lowest BCUT2D eigenvalue weighted by Gasteiger charge is -2.09. The Morgan fingerprint density at radius 3 is 2.64 bits per heavy atom. The molecule has 25 heavy (non-hydrogen) atoms. The number of rotatable bonds is 5. The molecule has 0 aliphatic carbocycles. The number of non-ortho nitro benzene ring substituents is 1. The van der Waals surface area contributed by atoms with Crippen LogP contribution >= 0.6 is 0 Å². The van der Waals surface area contributed by atoms with Crippen molar-refractivity contribution in [2.24, 2.45) is 0 Å². The van der Waals surface area contributed by atoms with Crippen molar-refractivity contribution in [2.45, 2.75) is 13.0 Å². The summed E-state index contributed by atoms with van der Waals surface area (Å²) in [6, 6.07) is 14.5. The van der Waals surface area contributed by atoms with Gasteiger partial charge in [0.25, 0.3) is 11.6 Å². The Morgan fingerprint density at radius 2 is 1.92 bits per heavy atom. The standard InChI is InChI=1S/C17H13N3O5/c1-11(15-18-19-16(25-15)12-6-3-2-4-7-12)24-17(21)13-8-5-9-14(10-13)20(22)23/h2-11H,1H3/t11-/m0/s1. The largest absolute Gasteiger partial charge is 0.449 e. The molecule has 3 aromatic rings. The molecule has 0 amide bonds. The third-order valence-corrected chi connectivity index (χ3v) is 3.39. The van der Waals surface area contributed by atoms with Crippen LogP contribution in [0.4, 0.5) is 5.69 Å². The monoisotopic (exact) mass is 339 g/mol. The zero-order valence-electron chi connectivity index (χ0n) is 13.2. The maximum atomic E-state index is 12.1. The van der Waals surface area contributed by atoms with Gasteiger partial charge < -0.3 is 9.15 Å². The summed E-state index contributed by atoms with van der Waals surface area (Å²) in [7, 11) is 0. The van der Waals surface area contributed by atoms with E-state index in [1.54, 1.807) is 6.92 Å². The van der Waals surface area contributed by atoms with Crippen molar-refractivity contribution in [3.05, 3.63) is 76.2 Å². The Balaban J connectivity index is 1.73. The maximum Gasteiger partial charge on any atom is 0.339 e. The van der Waals surface area contributed by atoms with Crippen LogP contribution in [0.1, 0.15) is 29.3 Å². The summed E-state index contributed by atoms with van der Waals surface area (Å²) in [5.74, 6) is -0.262. The lowest BCUT2D eigenvalue weighted by Crippen LogP contribution is -2.09. The fraction of sp³-hybridized carbons (Fsp3) is 0.118. The zero-order valence-corrected chi connectivity index (χ0v) is 13.2. The predicted molar refractivity (Wildman–Crippen MR) is 86.7 cm³/mol. The van der Waals surface area contributed by atoms with Crippen molar-refractivity contribution < 1.29 is 18.9 Å². The number of aromatic nitrogens is 2. The molecule has 3 rings (SSSR count). The van der Waals surface area contributed by atoms with Crippen LogP contribution in [0.15, 0.2) is 59.0 Å². The fourth-order valence-corrected chi connectivity index (χ4v) is 2.12. The van der Waals surface area contributed by atoms with Gasteiger partial charge in [-0.25, -0.2) is 4.79 Å². The van der Waals surface area contributed by atoms with Gasteiger partial charge in [-0.15, -0.1) is 10.2 Å². The lowest BCUT2D eigenvalue weighted by atomic mass is 10.2. The minimum Gasteiger partial charge on any atom is -0.449 e. The topological polar surface area (TPSA) is 108 Å². The zero-order chi connectivity index (χ0) is 17.8. The second kappa shape index (κ2) is 6.91. The molecule has 0 saturated carbocycles. The number of nitrogens with zero attached hydrogens (tertiary/aromatic N) is 3. The Morgan fingerprint density at radius 1 is 1.16 bits per heavy atom. The van der Waals surface area contributed by atoms with E-state index in [4.69, 9.17) is 9.15 Å². The number of esters is 1. The van der Waals surface area contributed by atoms with E-state index in [2.05, 4.69) is 10.2 Å². The minimum atomic E-state index is -0.795. The molecule has 1 aromatic heterocycles. The molecule has 2 aromatic carbocycles. The summed E-state index contributed by atoms with van der Waals surface area (Å²) in [6.07, 6.45) is -0.795. The molecule has 1 atom stereocenters. The van der Waals surface area contributed by atoms with Gasteiger partial charge in [0.15, 0.2) is 6.10 Å². The highest BCUT2D eigenvalue weighted by molar-refractivity contribution is 5.90. The molecular formula is C17H13N3O5. The molecule has 0 N–H and O–H groups in total. The average Bonchev–Trinajstić information content (AvgIpc) is 3.13. The Kier molecular flexibility index (Phi) is 4.51. The maximum absolute atomic E-state index is 12.1. The van der Waals surface area contributed by atoms with Crippen molar-refractivity contribution in [1.82, 2.24) is 10.2 Å². The third kappa shape index (κ3) is 3.69. The van der Waals surface area contributed by atoms with E-state index in [1.807, 2.05) is 30.3 Å². The van der Waals surface area contributed by atoms with E-state index in [0.717, 1.165) is 11.6 Å². The second-order valence-corrected chi connectivity index (χ2v) is 5.17. The fourth-order valence-electron chi connectivity index (χ4n) is 2.12. The van der Waals surface area contributed by atoms with E-state index in [0.29, 0.717) is 5.89 Å². The number of ether oxygens (including phenoxy) is 1. The molecule has 0 bridgehead atoms. The van der Waals surface area contributed by atoms with Gasteiger partial charge in [0, 0.05) is 17.7 Å². The molecule has 1 heterocycles. The molecule has 0 unspecified atom stereocenters. The van der Waals surface area contributed by atoms with Crippen LogP contribution in [0.3, 0.4) is 0 Å². The highest BCUT2D eigenvalue weighted by Gasteiger charge is 2.21. The molecular weight excluding hydrogens is 326 g/mol. The Labute approximate surface area is 142 Å². The summed E-state index contributed by atoms with van der Waals surface area (Å²) in [4.78, 5) is 22.3. The van der Waals surface area contributed by atoms with Gasteiger partial charge in [-0.05, 0) is 25.1 Å². The number of hydrogen-bond donors (Lipinski definition) is 0. The first kappa shape index (κ1) is 16.3. The van der Waals surface area contributed by atoms with E-state index in [-0.39, 0.29) is 17.1 Å². The highest BCUT2D eigenvalue weighted by atomic mass is 16.6. The van der Waals surface area contributed by atoms with Crippen molar-refractivity contribution in [3.8, 4) is 11.5 Å². The summed E-state index contributed by atoms with van der Waals surface area (Å²) >= 11 is 0. The molecule has 0 spiro atoms. The number of nitro benzene ring substituents is 1. The number of carbonyl (C=O) groups is 1. The molecule has 0 radical (unpaired) electrons. The molecule has 0 aliphatic heterocycles. The van der Waals surface area contributed by atoms with Crippen LogP contribution in [0.25, 0.3) is 11.5 Å². The molecule has 0 aliphatic rings. The van der Waals surface area contributed by atoms with Crippen molar-refractivity contribution in [1.29, 1.82) is 0 Å². The van der Waals surface area contributed by atoms with E-state index < -0.39 is 17.0 Å². The molecule has 126 valence electrons. The number of benzene rings is 2. The molecule has 0 fully saturated rings. The number of nitro groups is 1. The number of hydrogen-bond acceptors (Lipinski definition) is 7. The van der Waals surface area contributed by atoms with Crippen LogP contribution in [-0.4, -0.2) is 21.1 Å². The first-order valence-electron chi connectivity index (χ1n) is 7.39. The lowest BCUT2D eigenvalue weighted by molar-refractivity contribution is -0.384. The summed E-state index contributed by atoms with van der Waals surface area (Å²) in [5, 5.41) is 18.6. The predicted octanol–water partition coefficient (Wildman–Crippen LogP) is 3.56. The van der Waals surface area contributed by atoms with E-state index >= 15 is 0 Å². The Bertz CT molecular complexity index is 907. The van der Waals surface area contributed by atoms with E-state index in [9.17, 15) is 14.9 Å². The molecule has 8 heteroatoms. The molecule has 0 saturated heterocycles. The van der Waals surface area contributed by atoms with Crippen molar-refractivity contribution in [3.63, 3.8) is 0 Å². The van der Waals surface area contributed by atoms with Gasteiger partial charge in [0.05, 0.1) is 10.5 Å². The normalized spacial score (nSPS) is 11.7. The Hall–Kier alpha value is -3.55. The van der Waals surface area contributed by atoms with Crippen LogP contribution in [0.5, 0.6) is 0 Å². The third-order valence-electron chi connectivity index (χ3n) is 3.39. The quantitative estimate of drug-likeness (QED) is 0.397. The average molecular weight is 339 g/mol. The summed E-state index contributed by atoms with van der Waals surface area (Å²) in [5.41, 5.74) is 0.633. The van der Waals surface area contributed by atoms with Gasteiger partial charge in [0.2, 0.25) is 5.89 Å². The van der Waals surface area contributed by atoms with E-state index in [1.165, 1.54) is 18.2 Å². The number of carbonyl (C=O) groups excluding carboxylic acids is 1. The van der Waals surface area contributed by atoms with Crippen LogP contribution in [-0.2, 0) is 4.74 Å². The van der Waals surface area contributed by atoms with Crippen LogP contribution in [0, 0.1) is 10.1 Å². The van der Waals surface area contributed by atoms with Crippen molar-refractivity contribution >= 4 is 11.7 Å². The SMILES string of the molecule is C[C@H](OC(=O)c1cccc([N+](=O)[O-])c1)c1nnc(-c2ccccc2)o1. The minimum absolute atomic E-state index is 0.0730. The summed E-state index contributed by atoms with van der Waals surface area (Å²) < 4.78 is 10.8. The molecule has 8 nitrogen and oxygen atoms in total. The summed E-state index contributed by atoms with van der Waals surface area (Å²) in [6.45, 7) is 1.58. The van der Waals surface area contributed by atoms with Gasteiger partial charge in [-0.2, -0.15) is 0 Å². The van der Waals surface area contributed by atoms with Crippen LogP contribution < -0.4 is 0 Å². The first-order valence-corrected chi connectivity index (χ1v) is 7.39. The van der Waals surface area contributed by atoms with Crippen LogP contribution in [0.2, 0.25) is 0 Å². The van der Waals surface area contributed by atoms with Gasteiger partial charge in [-0.1, -0.05) is 24.3 Å². The highest BCUT2D eigenvalue weighted by Crippen LogP contribution is 2.23. The second-order valence-electron chi connectivity index (χ2n) is 5.17. The van der Waals surface area contributed by atoms with Gasteiger partial charge in [-0.3, -0.25) is 10.1 Å².